The first-order valence-corrected chi connectivity index (χ1v) is 8.51. The minimum absolute atomic E-state index is 0.0511. The zero-order valence-corrected chi connectivity index (χ0v) is 12.8. The predicted octanol–water partition coefficient (Wildman–Crippen LogP) is 3.84. The predicted molar refractivity (Wildman–Crippen MR) is 73.2 cm³/mol. The molecule has 3 atom stereocenters. The molecule has 0 N–H and O–H groups in total. The highest BCUT2D eigenvalue weighted by molar-refractivity contribution is 7.61. The lowest BCUT2D eigenvalue weighted by Crippen LogP contribution is -2.34. The lowest BCUT2D eigenvalue weighted by molar-refractivity contribution is 0.0513. The third-order valence-corrected chi connectivity index (χ3v) is 6.03. The summed E-state index contributed by atoms with van der Waals surface area (Å²) in [5, 5.41) is 9.24. The Balaban J connectivity index is 2.85. The normalized spacial score (nSPS) is 31.9. The van der Waals surface area contributed by atoms with Crippen molar-refractivity contribution < 1.29 is 9.09 Å². The van der Waals surface area contributed by atoms with E-state index in [1.165, 1.54) is 6.42 Å². The van der Waals surface area contributed by atoms with Gasteiger partial charge in [-0.15, -0.1) is 0 Å². The van der Waals surface area contributed by atoms with Gasteiger partial charge < -0.3 is 4.52 Å². The second-order valence-electron chi connectivity index (χ2n) is 5.21. The van der Waals surface area contributed by atoms with Crippen LogP contribution in [0.25, 0.3) is 0 Å². The summed E-state index contributed by atoms with van der Waals surface area (Å²) in [5.74, 6) is 2.69. The minimum Gasteiger partial charge on any atom is -0.303 e. The summed E-state index contributed by atoms with van der Waals surface area (Å²) in [6, 6.07) is 0. The van der Waals surface area contributed by atoms with Crippen LogP contribution in [-0.2, 0) is 9.09 Å². The van der Waals surface area contributed by atoms with Gasteiger partial charge in [0.05, 0.1) is 6.10 Å². The molecule has 0 aromatic rings. The summed E-state index contributed by atoms with van der Waals surface area (Å²) in [6.07, 6.45) is 3.34. The van der Waals surface area contributed by atoms with Crippen LogP contribution in [0.1, 0.15) is 47.0 Å². The molecule has 0 aromatic carbocycles. The van der Waals surface area contributed by atoms with Crippen molar-refractivity contribution in [1.82, 2.24) is 4.67 Å². The SMILES string of the molecule is CCN(CC)P(=O)(C#N)OC1C(C)CCCC1C. The first-order valence-electron chi connectivity index (χ1n) is 6.93. The van der Waals surface area contributed by atoms with Gasteiger partial charge in [-0.3, -0.25) is 4.57 Å². The van der Waals surface area contributed by atoms with Gasteiger partial charge in [0.25, 0.3) is 0 Å². The number of hydrogen-bond acceptors (Lipinski definition) is 3. The molecule has 5 heteroatoms. The quantitative estimate of drug-likeness (QED) is 0.713. The van der Waals surface area contributed by atoms with E-state index in [-0.39, 0.29) is 6.10 Å². The Bertz CT molecular complexity index is 339. The summed E-state index contributed by atoms with van der Waals surface area (Å²) in [4.78, 5) is 0. The molecule has 18 heavy (non-hydrogen) atoms. The van der Waals surface area contributed by atoms with E-state index in [2.05, 4.69) is 13.8 Å². The molecule has 0 amide bonds. The van der Waals surface area contributed by atoms with Crippen molar-refractivity contribution in [3.63, 3.8) is 0 Å². The topological polar surface area (TPSA) is 53.3 Å². The van der Waals surface area contributed by atoms with Crippen LogP contribution < -0.4 is 0 Å². The van der Waals surface area contributed by atoms with E-state index < -0.39 is 7.52 Å². The molecule has 0 aromatic heterocycles. The highest BCUT2D eigenvalue weighted by Crippen LogP contribution is 2.53. The molecule has 3 unspecified atom stereocenters. The molecule has 1 fully saturated rings. The molecule has 1 aliphatic carbocycles. The van der Waals surface area contributed by atoms with Crippen LogP contribution in [0.2, 0.25) is 0 Å². The first-order chi connectivity index (χ1) is 8.48. The fourth-order valence-corrected chi connectivity index (χ4v) is 4.57. The number of nitriles is 1. The van der Waals surface area contributed by atoms with Gasteiger partial charge in [-0.05, 0) is 24.7 Å². The highest BCUT2D eigenvalue weighted by atomic mass is 31.2. The third kappa shape index (κ3) is 3.35. The Hall–Kier alpha value is -0.360. The van der Waals surface area contributed by atoms with Gasteiger partial charge in [0.15, 0.2) is 5.81 Å². The Morgan fingerprint density at radius 1 is 1.28 bits per heavy atom. The molecule has 4 nitrogen and oxygen atoms in total. The average molecular weight is 272 g/mol. The zero-order chi connectivity index (χ0) is 13.8. The smallest absolute Gasteiger partial charge is 0.303 e. The summed E-state index contributed by atoms with van der Waals surface area (Å²) in [5.41, 5.74) is 0. The van der Waals surface area contributed by atoms with E-state index in [9.17, 15) is 9.83 Å². The molecule has 0 heterocycles. The maximum absolute atomic E-state index is 12.6. The van der Waals surface area contributed by atoms with Crippen LogP contribution in [0.15, 0.2) is 0 Å². The Morgan fingerprint density at radius 2 is 1.78 bits per heavy atom. The lowest BCUT2D eigenvalue weighted by atomic mass is 9.81. The Labute approximate surface area is 111 Å². The van der Waals surface area contributed by atoms with Gasteiger partial charge >= 0.3 is 7.52 Å². The van der Waals surface area contributed by atoms with E-state index in [4.69, 9.17) is 4.52 Å². The second-order valence-corrected chi connectivity index (χ2v) is 7.23. The third-order valence-electron chi connectivity index (χ3n) is 3.93. The maximum Gasteiger partial charge on any atom is 0.371 e. The van der Waals surface area contributed by atoms with Crippen molar-refractivity contribution in [3.05, 3.63) is 0 Å². The Morgan fingerprint density at radius 3 is 2.17 bits per heavy atom. The second kappa shape index (κ2) is 6.70. The van der Waals surface area contributed by atoms with Crippen molar-refractivity contribution in [2.75, 3.05) is 13.1 Å². The monoisotopic (exact) mass is 272 g/mol. The van der Waals surface area contributed by atoms with Crippen molar-refractivity contribution in [2.45, 2.75) is 53.1 Å². The van der Waals surface area contributed by atoms with Gasteiger partial charge in [-0.2, -0.15) is 5.26 Å². The van der Waals surface area contributed by atoms with Gasteiger partial charge in [0.2, 0.25) is 0 Å². The van der Waals surface area contributed by atoms with Crippen molar-refractivity contribution in [2.24, 2.45) is 11.8 Å². The molecule has 0 spiro atoms. The molecule has 1 aliphatic rings. The van der Waals surface area contributed by atoms with Crippen LogP contribution in [0.4, 0.5) is 0 Å². The first kappa shape index (κ1) is 15.7. The van der Waals surface area contributed by atoms with E-state index >= 15 is 0 Å². The molecule has 104 valence electrons. The van der Waals surface area contributed by atoms with Crippen molar-refractivity contribution in [1.29, 1.82) is 5.26 Å². The van der Waals surface area contributed by atoms with Gasteiger partial charge in [0.1, 0.15) is 0 Å². The van der Waals surface area contributed by atoms with Crippen molar-refractivity contribution in [3.8, 4) is 5.81 Å². The van der Waals surface area contributed by atoms with E-state index in [0.717, 1.165) is 12.8 Å². The summed E-state index contributed by atoms with van der Waals surface area (Å²) in [6.45, 7) is 9.23. The van der Waals surface area contributed by atoms with Crippen LogP contribution in [0.3, 0.4) is 0 Å². The summed E-state index contributed by atoms with van der Waals surface area (Å²) in [7, 11) is -3.31. The van der Waals surface area contributed by atoms with Gasteiger partial charge in [-0.1, -0.05) is 34.1 Å². The minimum atomic E-state index is -3.31. The van der Waals surface area contributed by atoms with E-state index in [1.807, 2.05) is 19.7 Å². The average Bonchev–Trinajstić information content (AvgIpc) is 2.35. The Kier molecular flexibility index (Phi) is 5.85. The molecular weight excluding hydrogens is 247 g/mol. The van der Waals surface area contributed by atoms with Crippen LogP contribution in [0, 0.1) is 22.9 Å². The molecule has 1 saturated carbocycles. The van der Waals surface area contributed by atoms with Gasteiger partial charge in [0, 0.05) is 13.1 Å². The molecule has 0 saturated heterocycles. The molecular formula is C13H25N2O2P. The van der Waals surface area contributed by atoms with Crippen LogP contribution in [0.5, 0.6) is 0 Å². The lowest BCUT2D eigenvalue weighted by Gasteiger charge is -2.37. The molecule has 0 bridgehead atoms. The fourth-order valence-electron chi connectivity index (χ4n) is 2.77. The van der Waals surface area contributed by atoms with Crippen LogP contribution >= 0.6 is 7.52 Å². The maximum atomic E-state index is 12.6. The number of nitrogens with zero attached hydrogens (tertiary/aromatic N) is 2. The molecule has 0 aliphatic heterocycles. The van der Waals surface area contributed by atoms with Crippen molar-refractivity contribution >= 4 is 7.52 Å². The standard InChI is InChI=1S/C13H25N2O2P/c1-5-15(6-2)18(16,10-14)17-13-11(3)8-7-9-12(13)4/h11-13H,5-9H2,1-4H3. The van der Waals surface area contributed by atoms with E-state index in [1.54, 1.807) is 4.67 Å². The molecule has 1 rings (SSSR count). The fraction of sp³-hybridized carbons (Fsp3) is 0.923. The van der Waals surface area contributed by atoms with Crippen LogP contribution in [-0.4, -0.2) is 23.9 Å². The zero-order valence-electron chi connectivity index (χ0n) is 11.9. The largest absolute Gasteiger partial charge is 0.371 e. The van der Waals surface area contributed by atoms with Gasteiger partial charge in [-0.25, -0.2) is 4.67 Å². The van der Waals surface area contributed by atoms with E-state index in [0.29, 0.717) is 24.9 Å². The summed E-state index contributed by atoms with van der Waals surface area (Å²) >= 11 is 0. The summed E-state index contributed by atoms with van der Waals surface area (Å²) < 4.78 is 20.1. The number of rotatable bonds is 5. The number of hydrogen-bond donors (Lipinski definition) is 0. The molecule has 0 radical (unpaired) electrons. The highest BCUT2D eigenvalue weighted by Gasteiger charge is 2.38.